The fourth-order valence-electron chi connectivity index (χ4n) is 1.89. The fraction of sp³-hybridized carbons (Fsp3) is 0.250. The molecular formula is C16H17F2NO. The smallest absolute Gasteiger partial charge is 0.165 e. The van der Waals surface area contributed by atoms with Gasteiger partial charge in [0, 0.05) is 12.1 Å². The average Bonchev–Trinajstić information content (AvgIpc) is 2.36. The van der Waals surface area contributed by atoms with Crippen molar-refractivity contribution in [2.45, 2.75) is 26.3 Å². The highest BCUT2D eigenvalue weighted by atomic mass is 19.1. The molecule has 0 aliphatic carbocycles. The van der Waals surface area contributed by atoms with Gasteiger partial charge in [0.05, 0.1) is 0 Å². The molecule has 1 atom stereocenters. The number of hydrogen-bond donors (Lipinski definition) is 1. The summed E-state index contributed by atoms with van der Waals surface area (Å²) in [6, 6.07) is 9.08. The maximum atomic E-state index is 13.9. The van der Waals surface area contributed by atoms with Gasteiger partial charge in [0.15, 0.2) is 11.6 Å². The van der Waals surface area contributed by atoms with Crippen molar-refractivity contribution in [3.05, 3.63) is 59.2 Å². The normalized spacial score (nSPS) is 12.2. The Morgan fingerprint density at radius 3 is 2.45 bits per heavy atom. The largest absolute Gasteiger partial charge is 0.454 e. The Bertz CT molecular complexity index is 611. The first kappa shape index (κ1) is 14.5. The summed E-state index contributed by atoms with van der Waals surface area (Å²) in [5.41, 5.74) is 7.00. The van der Waals surface area contributed by atoms with Gasteiger partial charge in [0.2, 0.25) is 0 Å². The first-order chi connectivity index (χ1) is 9.45. The Morgan fingerprint density at radius 1 is 1.10 bits per heavy atom. The van der Waals surface area contributed by atoms with Gasteiger partial charge in [0.25, 0.3) is 0 Å². The van der Waals surface area contributed by atoms with Gasteiger partial charge in [-0.05, 0) is 49.6 Å². The Labute approximate surface area is 117 Å². The fourth-order valence-corrected chi connectivity index (χ4v) is 1.89. The van der Waals surface area contributed by atoms with Crippen molar-refractivity contribution in [1.82, 2.24) is 0 Å². The number of benzene rings is 2. The number of nitrogens with two attached hydrogens (primary N) is 1. The van der Waals surface area contributed by atoms with E-state index in [1.165, 1.54) is 18.2 Å². The molecule has 0 saturated carbocycles. The molecule has 0 heterocycles. The third-order valence-electron chi connectivity index (χ3n) is 2.93. The summed E-state index contributed by atoms with van der Waals surface area (Å²) in [6.45, 7) is 3.51. The molecule has 2 nitrogen and oxygen atoms in total. The van der Waals surface area contributed by atoms with Gasteiger partial charge in [-0.15, -0.1) is 0 Å². The van der Waals surface area contributed by atoms with E-state index in [1.54, 1.807) is 25.1 Å². The summed E-state index contributed by atoms with van der Waals surface area (Å²) in [5.74, 6) is -0.519. The summed E-state index contributed by atoms with van der Waals surface area (Å²) in [6.07, 6.45) is 0.594. The van der Waals surface area contributed by atoms with E-state index in [9.17, 15) is 8.78 Å². The molecule has 0 spiro atoms. The molecule has 0 aliphatic heterocycles. The lowest BCUT2D eigenvalue weighted by Gasteiger charge is -2.10. The zero-order valence-electron chi connectivity index (χ0n) is 11.5. The molecule has 106 valence electrons. The molecule has 0 saturated heterocycles. The standard InChI is InChI=1S/C16H17F2NO/c1-10-3-5-13(9-14(10)17)20-16-6-4-12(7-11(2)19)8-15(16)18/h3-6,8-9,11H,7,19H2,1-2H3. The molecule has 2 N–H and O–H groups in total. The van der Waals surface area contributed by atoms with Gasteiger partial charge < -0.3 is 10.5 Å². The minimum Gasteiger partial charge on any atom is -0.454 e. The van der Waals surface area contributed by atoms with Gasteiger partial charge in [0.1, 0.15) is 11.6 Å². The van der Waals surface area contributed by atoms with Crippen LogP contribution >= 0.6 is 0 Å². The minimum absolute atomic E-state index is 0.0348. The van der Waals surface area contributed by atoms with Crippen molar-refractivity contribution in [3.8, 4) is 11.5 Å². The second kappa shape index (κ2) is 6.01. The van der Waals surface area contributed by atoms with Gasteiger partial charge in [-0.25, -0.2) is 8.78 Å². The van der Waals surface area contributed by atoms with Gasteiger partial charge in [-0.3, -0.25) is 0 Å². The molecule has 20 heavy (non-hydrogen) atoms. The molecule has 0 amide bonds. The molecule has 1 unspecified atom stereocenters. The van der Waals surface area contributed by atoms with Crippen LogP contribution in [-0.4, -0.2) is 6.04 Å². The van der Waals surface area contributed by atoms with E-state index in [2.05, 4.69) is 0 Å². The third kappa shape index (κ3) is 3.54. The van der Waals surface area contributed by atoms with Crippen molar-refractivity contribution < 1.29 is 13.5 Å². The topological polar surface area (TPSA) is 35.2 Å². The molecule has 0 aromatic heterocycles. The molecule has 4 heteroatoms. The molecule has 2 rings (SSSR count). The van der Waals surface area contributed by atoms with Crippen LogP contribution in [0.15, 0.2) is 36.4 Å². The molecule has 0 fully saturated rings. The van der Waals surface area contributed by atoms with E-state index in [0.717, 1.165) is 5.56 Å². The Balaban J connectivity index is 2.19. The first-order valence-corrected chi connectivity index (χ1v) is 6.43. The van der Waals surface area contributed by atoms with Crippen LogP contribution in [0.1, 0.15) is 18.1 Å². The Kier molecular flexibility index (Phi) is 4.35. The summed E-state index contributed by atoms with van der Waals surface area (Å²) in [5, 5.41) is 0. The highest BCUT2D eigenvalue weighted by Gasteiger charge is 2.08. The third-order valence-corrected chi connectivity index (χ3v) is 2.93. The first-order valence-electron chi connectivity index (χ1n) is 6.43. The molecule has 2 aromatic carbocycles. The van der Waals surface area contributed by atoms with Crippen molar-refractivity contribution in [3.63, 3.8) is 0 Å². The number of rotatable bonds is 4. The lowest BCUT2D eigenvalue weighted by Crippen LogP contribution is -2.17. The van der Waals surface area contributed by atoms with Crippen LogP contribution < -0.4 is 10.5 Å². The van der Waals surface area contributed by atoms with Crippen LogP contribution in [0, 0.1) is 18.6 Å². The van der Waals surface area contributed by atoms with Crippen molar-refractivity contribution in [2.24, 2.45) is 5.73 Å². The summed E-state index contributed by atoms with van der Waals surface area (Å²) < 4.78 is 32.7. The molecule has 0 radical (unpaired) electrons. The second-order valence-electron chi connectivity index (χ2n) is 4.96. The number of hydrogen-bond acceptors (Lipinski definition) is 2. The van der Waals surface area contributed by atoms with E-state index in [-0.39, 0.29) is 23.4 Å². The van der Waals surface area contributed by atoms with Gasteiger partial charge >= 0.3 is 0 Å². The lowest BCUT2D eigenvalue weighted by molar-refractivity contribution is 0.437. The summed E-state index contributed by atoms with van der Waals surface area (Å²) >= 11 is 0. The Morgan fingerprint density at radius 2 is 1.85 bits per heavy atom. The van der Waals surface area contributed by atoms with Crippen LogP contribution in [0.25, 0.3) is 0 Å². The molecule has 2 aromatic rings. The monoisotopic (exact) mass is 277 g/mol. The molecular weight excluding hydrogens is 260 g/mol. The Hall–Kier alpha value is -1.94. The van der Waals surface area contributed by atoms with E-state index in [0.29, 0.717) is 12.0 Å². The van der Waals surface area contributed by atoms with Crippen LogP contribution in [-0.2, 0) is 6.42 Å². The van der Waals surface area contributed by atoms with Gasteiger partial charge in [-0.2, -0.15) is 0 Å². The lowest BCUT2D eigenvalue weighted by atomic mass is 10.1. The van der Waals surface area contributed by atoms with Crippen molar-refractivity contribution >= 4 is 0 Å². The van der Waals surface area contributed by atoms with Crippen LogP contribution in [0.4, 0.5) is 8.78 Å². The van der Waals surface area contributed by atoms with E-state index in [4.69, 9.17) is 10.5 Å². The van der Waals surface area contributed by atoms with E-state index < -0.39 is 5.82 Å². The zero-order chi connectivity index (χ0) is 14.7. The predicted molar refractivity (Wildman–Crippen MR) is 75.0 cm³/mol. The van der Waals surface area contributed by atoms with E-state index in [1.807, 2.05) is 6.92 Å². The minimum atomic E-state index is -0.482. The van der Waals surface area contributed by atoms with Gasteiger partial charge in [-0.1, -0.05) is 12.1 Å². The molecule has 0 aliphatic rings. The van der Waals surface area contributed by atoms with Crippen LogP contribution in [0.2, 0.25) is 0 Å². The van der Waals surface area contributed by atoms with Crippen LogP contribution in [0.3, 0.4) is 0 Å². The highest BCUT2D eigenvalue weighted by molar-refractivity contribution is 5.36. The highest BCUT2D eigenvalue weighted by Crippen LogP contribution is 2.26. The van der Waals surface area contributed by atoms with Crippen LogP contribution in [0.5, 0.6) is 11.5 Å². The number of ether oxygens (including phenoxy) is 1. The summed E-state index contributed by atoms with van der Waals surface area (Å²) in [7, 11) is 0. The summed E-state index contributed by atoms with van der Waals surface area (Å²) in [4.78, 5) is 0. The number of aryl methyl sites for hydroxylation is 1. The maximum absolute atomic E-state index is 13.9. The predicted octanol–water partition coefficient (Wildman–Crippen LogP) is 3.96. The average molecular weight is 277 g/mol. The maximum Gasteiger partial charge on any atom is 0.165 e. The number of halogens is 2. The quantitative estimate of drug-likeness (QED) is 0.918. The van der Waals surface area contributed by atoms with Crippen molar-refractivity contribution in [2.75, 3.05) is 0 Å². The second-order valence-corrected chi connectivity index (χ2v) is 4.96. The molecule has 0 bridgehead atoms. The zero-order valence-corrected chi connectivity index (χ0v) is 11.5. The van der Waals surface area contributed by atoms with Crippen molar-refractivity contribution in [1.29, 1.82) is 0 Å². The van der Waals surface area contributed by atoms with E-state index >= 15 is 0 Å². The SMILES string of the molecule is Cc1ccc(Oc2ccc(CC(C)N)cc2F)cc1F.